The van der Waals surface area contributed by atoms with Gasteiger partial charge in [-0.25, -0.2) is 0 Å². The third kappa shape index (κ3) is 13.1. The molecule has 2 unspecified atom stereocenters. The summed E-state index contributed by atoms with van der Waals surface area (Å²) >= 11 is 0. The number of hydrogen-bond donors (Lipinski definition) is 1. The van der Waals surface area contributed by atoms with Crippen LogP contribution < -0.4 is 9.47 Å². The van der Waals surface area contributed by atoms with Crippen LogP contribution in [0.3, 0.4) is 0 Å². The summed E-state index contributed by atoms with van der Waals surface area (Å²) in [6.07, 6.45) is 13.6. The first kappa shape index (κ1) is 47.9. The number of rotatable bonds is 31. The lowest BCUT2D eigenvalue weighted by molar-refractivity contribution is -0.173. The monoisotopic (exact) mass is 908 g/mol. The number of benzene rings is 2. The fourth-order valence-corrected chi connectivity index (χ4v) is 13.7. The van der Waals surface area contributed by atoms with E-state index >= 15 is 0 Å². The molecular formula is C51H72O14. The van der Waals surface area contributed by atoms with E-state index in [1.54, 1.807) is 0 Å². The SMILES string of the molecule is O=C(O)CC12C[C@H]3C[C@@H](C1)CC(CC(=O)OCCOCCOCCOCCOc1cccc4c(OCCOCCOCCOCCOC(=O)C56CC7CC(CC(C7)C5)C6)cccc14)(C3)C2. The van der Waals surface area contributed by atoms with Crippen LogP contribution >= 0.6 is 0 Å². The van der Waals surface area contributed by atoms with Crippen LogP contribution in [0.1, 0.15) is 89.9 Å². The van der Waals surface area contributed by atoms with Crippen LogP contribution in [0.25, 0.3) is 10.8 Å². The maximum absolute atomic E-state index is 12.9. The van der Waals surface area contributed by atoms with Gasteiger partial charge in [0.15, 0.2) is 0 Å². The van der Waals surface area contributed by atoms with E-state index in [9.17, 15) is 19.5 Å². The number of carboxylic acids is 1. The van der Waals surface area contributed by atoms with Crippen LogP contribution in [-0.4, -0.2) is 129 Å². The maximum atomic E-state index is 12.9. The highest BCUT2D eigenvalue weighted by atomic mass is 16.6. The van der Waals surface area contributed by atoms with Crippen molar-refractivity contribution in [3.8, 4) is 11.5 Å². The minimum Gasteiger partial charge on any atom is -0.491 e. The molecule has 4 atom stereocenters. The van der Waals surface area contributed by atoms with Crippen LogP contribution in [-0.2, 0) is 52.3 Å². The Labute approximate surface area is 383 Å². The van der Waals surface area contributed by atoms with Crippen LogP contribution in [0.2, 0.25) is 0 Å². The largest absolute Gasteiger partial charge is 0.491 e. The van der Waals surface area contributed by atoms with Crippen molar-refractivity contribution < 1.29 is 66.9 Å². The number of fused-ring (bicyclic) bond motifs is 1. The quantitative estimate of drug-likeness (QED) is 0.0586. The number of ether oxygens (including phenoxy) is 10. The van der Waals surface area contributed by atoms with Gasteiger partial charge in [0.1, 0.15) is 37.9 Å². The molecule has 0 spiro atoms. The first-order chi connectivity index (χ1) is 31.7. The highest BCUT2D eigenvalue weighted by Gasteiger charge is 2.59. The first-order valence-electron chi connectivity index (χ1n) is 24.5. The van der Waals surface area contributed by atoms with Gasteiger partial charge in [0.2, 0.25) is 0 Å². The second-order valence-electron chi connectivity index (χ2n) is 20.2. The lowest BCUT2D eigenvalue weighted by Gasteiger charge is -2.61. The van der Waals surface area contributed by atoms with Crippen molar-refractivity contribution in [2.24, 2.45) is 45.8 Å². The minimum atomic E-state index is -0.722. The smallest absolute Gasteiger partial charge is 0.312 e. The lowest BCUT2D eigenvalue weighted by Crippen LogP contribution is -2.53. The van der Waals surface area contributed by atoms with E-state index in [2.05, 4.69) is 0 Å². The Morgan fingerprint density at radius 3 is 1.29 bits per heavy atom. The van der Waals surface area contributed by atoms with E-state index in [4.69, 9.17) is 47.4 Å². The van der Waals surface area contributed by atoms with E-state index < -0.39 is 5.97 Å². The minimum absolute atomic E-state index is 0.00419. The number of aliphatic carboxylic acids is 1. The molecule has 0 saturated heterocycles. The summed E-state index contributed by atoms with van der Waals surface area (Å²) in [6, 6.07) is 11.8. The van der Waals surface area contributed by atoms with Gasteiger partial charge in [-0.1, -0.05) is 24.3 Å². The van der Waals surface area contributed by atoms with Crippen molar-refractivity contribution in [1.82, 2.24) is 0 Å². The zero-order valence-electron chi connectivity index (χ0n) is 38.3. The number of carbonyl (C=O) groups excluding carboxylic acids is 2. The number of carbonyl (C=O) groups is 3. The van der Waals surface area contributed by atoms with Crippen LogP contribution in [0.5, 0.6) is 11.5 Å². The number of carboxylic acid groups (broad SMARTS) is 1. The predicted octanol–water partition coefficient (Wildman–Crippen LogP) is 7.45. The zero-order chi connectivity index (χ0) is 45.0. The molecule has 0 aromatic heterocycles. The van der Waals surface area contributed by atoms with Gasteiger partial charge in [0, 0.05) is 10.8 Å². The predicted molar refractivity (Wildman–Crippen MR) is 239 cm³/mol. The second kappa shape index (κ2) is 23.0. The molecule has 10 rings (SSSR count). The Hall–Kier alpha value is -3.53. The standard InChI is InChI=1S/C51H72O14/c52-46(53)34-49-27-40-26-41(28-49)30-50(29-40,36-49)35-47(54)64-21-17-60-13-9-56-7-11-58-15-19-62-44-5-1-4-43-42(44)3-2-6-45(43)63-20-16-59-12-8-57-10-14-61-18-22-65-48(55)51-31-37-23-38(32-51)25-39(24-37)33-51/h1-6,37-41H,7-36H2,(H,52,53)/t37?,38?,39?,40-,41+,49?,50?,51?. The number of esters is 2. The summed E-state index contributed by atoms with van der Waals surface area (Å²) in [5.74, 6) is 3.85. The molecule has 14 nitrogen and oxygen atoms in total. The molecule has 0 heterocycles. The van der Waals surface area contributed by atoms with Gasteiger partial charge in [-0.05, 0) is 130 Å². The molecule has 0 radical (unpaired) electrons. The summed E-state index contributed by atoms with van der Waals surface area (Å²) < 4.78 is 57.2. The van der Waals surface area contributed by atoms with Gasteiger partial charge in [-0.3, -0.25) is 14.4 Å². The van der Waals surface area contributed by atoms with Crippen molar-refractivity contribution in [3.63, 3.8) is 0 Å². The van der Waals surface area contributed by atoms with Crippen LogP contribution in [0.15, 0.2) is 36.4 Å². The first-order valence-corrected chi connectivity index (χ1v) is 24.5. The Kier molecular flexibility index (Phi) is 17.0. The summed E-state index contributed by atoms with van der Waals surface area (Å²) in [4.78, 5) is 37.3. The molecule has 2 aromatic rings. The second-order valence-corrected chi connectivity index (χ2v) is 20.2. The van der Waals surface area contributed by atoms with E-state index in [-0.39, 0.29) is 41.2 Å². The molecule has 1 N–H and O–H groups in total. The summed E-state index contributed by atoms with van der Waals surface area (Å²) in [5.41, 5.74) is -0.453. The zero-order valence-corrected chi connectivity index (χ0v) is 38.3. The van der Waals surface area contributed by atoms with Crippen LogP contribution in [0, 0.1) is 45.8 Å². The molecule has 8 aliphatic carbocycles. The molecule has 65 heavy (non-hydrogen) atoms. The van der Waals surface area contributed by atoms with E-state index in [0.717, 1.165) is 91.4 Å². The molecule has 0 amide bonds. The Balaban J connectivity index is 0.593. The summed E-state index contributed by atoms with van der Waals surface area (Å²) in [6.45, 7) is 6.26. The van der Waals surface area contributed by atoms with Crippen LogP contribution in [0.4, 0.5) is 0 Å². The van der Waals surface area contributed by atoms with Crippen molar-refractivity contribution in [1.29, 1.82) is 0 Å². The Bertz CT molecular complexity index is 1820. The Morgan fingerprint density at radius 1 is 0.462 bits per heavy atom. The van der Waals surface area contributed by atoms with Gasteiger partial charge < -0.3 is 52.5 Å². The fourth-order valence-electron chi connectivity index (χ4n) is 13.7. The highest BCUT2D eigenvalue weighted by Crippen LogP contribution is 2.67. The van der Waals surface area contributed by atoms with Crippen molar-refractivity contribution >= 4 is 28.7 Å². The molecule has 8 bridgehead atoms. The average Bonchev–Trinajstić information content (AvgIpc) is 3.25. The molecule has 2 aromatic carbocycles. The molecule has 360 valence electrons. The van der Waals surface area contributed by atoms with Gasteiger partial charge in [-0.15, -0.1) is 0 Å². The molecular weight excluding hydrogens is 837 g/mol. The van der Waals surface area contributed by atoms with Gasteiger partial charge in [-0.2, -0.15) is 0 Å². The average molecular weight is 909 g/mol. The van der Waals surface area contributed by atoms with Crippen molar-refractivity contribution in [3.05, 3.63) is 36.4 Å². The Morgan fingerprint density at radius 2 is 0.846 bits per heavy atom. The van der Waals surface area contributed by atoms with E-state index in [0.29, 0.717) is 117 Å². The van der Waals surface area contributed by atoms with E-state index in [1.807, 2.05) is 36.4 Å². The third-order valence-electron chi connectivity index (χ3n) is 15.1. The normalized spacial score (nSPS) is 29.3. The maximum Gasteiger partial charge on any atom is 0.312 e. The highest BCUT2D eigenvalue weighted by molar-refractivity contribution is 5.93. The molecule has 8 saturated carbocycles. The third-order valence-corrected chi connectivity index (χ3v) is 15.1. The van der Waals surface area contributed by atoms with Gasteiger partial charge >= 0.3 is 17.9 Å². The molecule has 8 fully saturated rings. The molecule has 14 heteroatoms. The topological polar surface area (TPSA) is 164 Å². The fraction of sp³-hybridized carbons (Fsp3) is 0.745. The molecule has 0 aliphatic heterocycles. The summed E-state index contributed by atoms with van der Waals surface area (Å²) in [7, 11) is 0. The van der Waals surface area contributed by atoms with Crippen molar-refractivity contribution in [2.45, 2.75) is 89.9 Å². The van der Waals surface area contributed by atoms with Gasteiger partial charge in [0.25, 0.3) is 0 Å². The number of hydrogen-bond acceptors (Lipinski definition) is 13. The van der Waals surface area contributed by atoms with Gasteiger partial charge in [0.05, 0.1) is 97.5 Å². The lowest BCUT2D eigenvalue weighted by atomic mass is 9.43. The van der Waals surface area contributed by atoms with E-state index in [1.165, 1.54) is 25.7 Å². The van der Waals surface area contributed by atoms with Crippen molar-refractivity contribution in [2.75, 3.05) is 106 Å². The molecule has 8 aliphatic rings. The summed E-state index contributed by atoms with van der Waals surface area (Å²) in [5, 5.41) is 11.4.